The minimum atomic E-state index is -8.48. The number of alkyl halides is 22. The molecular formula is C13H6F22O6S2. The van der Waals surface area contributed by atoms with Crippen molar-refractivity contribution in [1.29, 1.82) is 0 Å². The summed E-state index contributed by atoms with van der Waals surface area (Å²) in [6.45, 7) is -3.45. The smallest absolute Gasteiger partial charge is 0.263 e. The molecule has 0 amide bonds. The van der Waals surface area contributed by atoms with Crippen molar-refractivity contribution in [2.75, 3.05) is 6.61 Å². The highest BCUT2D eigenvalue weighted by Gasteiger charge is 2.94. The topological polar surface area (TPSA) is 86.7 Å². The lowest BCUT2D eigenvalue weighted by Crippen LogP contribution is -2.71. The molecule has 1 atom stereocenters. The van der Waals surface area contributed by atoms with E-state index in [0.717, 1.165) is 0 Å². The second kappa shape index (κ2) is 10.7. The molecule has 0 rings (SSSR count). The molecule has 0 aliphatic carbocycles. The molecule has 43 heavy (non-hydrogen) atoms. The SMILES string of the molecule is CC(COS(=O)(=O)C(F)(F)C(F)(F)C(F)(C(F)(F)F)C(F)(F)F)OS(=O)(=O)C(F)(F)C(F)(F)C(F)(C(F)(F)F)C(F)(F)F. The van der Waals surface area contributed by atoms with Gasteiger partial charge in [-0.2, -0.15) is 105 Å². The first kappa shape index (κ1) is 41.3. The van der Waals surface area contributed by atoms with Crippen LogP contribution in [0.5, 0.6) is 0 Å². The molecule has 6 nitrogen and oxygen atoms in total. The summed E-state index contributed by atoms with van der Waals surface area (Å²) < 4.78 is 336. The quantitative estimate of drug-likeness (QED) is 0.186. The van der Waals surface area contributed by atoms with Crippen molar-refractivity contribution < 1.29 is 122 Å². The van der Waals surface area contributed by atoms with Gasteiger partial charge in [0.1, 0.15) is 0 Å². The normalized spacial score (nSPS) is 17.3. The molecule has 1 unspecified atom stereocenters. The molecule has 0 spiro atoms. The monoisotopic (exact) mass is 740 g/mol. The zero-order valence-corrected chi connectivity index (χ0v) is 20.5. The molecule has 260 valence electrons. The minimum absolute atomic E-state index is 0.432. The summed E-state index contributed by atoms with van der Waals surface area (Å²) in [4.78, 5) is 0. The summed E-state index contributed by atoms with van der Waals surface area (Å²) >= 11 is 0. The molecule has 0 aromatic carbocycles. The van der Waals surface area contributed by atoms with E-state index in [1.165, 1.54) is 0 Å². The summed E-state index contributed by atoms with van der Waals surface area (Å²) in [5, 5.41) is -16.1. The maximum Gasteiger partial charge on any atom is 0.438 e. The number of hydrogen-bond donors (Lipinski definition) is 0. The third kappa shape index (κ3) is 5.99. The van der Waals surface area contributed by atoms with Crippen molar-refractivity contribution in [3.63, 3.8) is 0 Å². The Hall–Kier alpha value is -1.72. The first-order valence-corrected chi connectivity index (χ1v) is 11.9. The highest BCUT2D eigenvalue weighted by molar-refractivity contribution is 7.88. The lowest BCUT2D eigenvalue weighted by atomic mass is 9.96. The van der Waals surface area contributed by atoms with Crippen LogP contribution >= 0.6 is 0 Å². The lowest BCUT2D eigenvalue weighted by molar-refractivity contribution is -0.417. The van der Waals surface area contributed by atoms with Gasteiger partial charge in [-0.1, -0.05) is 0 Å². The van der Waals surface area contributed by atoms with Crippen LogP contribution in [-0.4, -0.2) is 87.9 Å². The van der Waals surface area contributed by atoms with Crippen LogP contribution in [0.25, 0.3) is 0 Å². The zero-order chi connectivity index (χ0) is 35.7. The first-order valence-electron chi connectivity index (χ1n) is 9.08. The third-order valence-corrected chi connectivity index (χ3v) is 7.33. The maximum atomic E-state index is 13.7. The second-order valence-corrected chi connectivity index (χ2v) is 10.9. The number of hydrogen-bond acceptors (Lipinski definition) is 6. The van der Waals surface area contributed by atoms with E-state index in [1.54, 1.807) is 0 Å². The van der Waals surface area contributed by atoms with E-state index < -0.39 is 98.3 Å². The van der Waals surface area contributed by atoms with Gasteiger partial charge in [-0.15, -0.1) is 0 Å². The molecule has 0 radical (unpaired) electrons. The summed E-state index contributed by atoms with van der Waals surface area (Å²) in [7, 11) is -16.4. The molecule has 0 heterocycles. The Labute approximate surface area is 221 Å². The molecule has 0 aromatic rings. The Bertz CT molecular complexity index is 1200. The van der Waals surface area contributed by atoms with Crippen LogP contribution in [0.3, 0.4) is 0 Å². The average molecular weight is 740 g/mol. The largest absolute Gasteiger partial charge is 0.438 e. The Balaban J connectivity index is 6.49. The molecule has 0 saturated heterocycles. The predicted molar refractivity (Wildman–Crippen MR) is 86.0 cm³/mol. The van der Waals surface area contributed by atoms with Gasteiger partial charge in [0, 0.05) is 0 Å². The fourth-order valence-electron chi connectivity index (χ4n) is 2.31. The van der Waals surface area contributed by atoms with Gasteiger partial charge in [-0.25, -0.2) is 8.78 Å². The minimum Gasteiger partial charge on any atom is -0.263 e. The first-order chi connectivity index (χ1) is 18.1. The van der Waals surface area contributed by atoms with E-state index in [9.17, 15) is 113 Å². The highest BCUT2D eigenvalue weighted by atomic mass is 32.2. The fourth-order valence-corrected chi connectivity index (χ4v) is 4.35. The van der Waals surface area contributed by atoms with E-state index in [2.05, 4.69) is 8.37 Å². The van der Waals surface area contributed by atoms with E-state index in [1.807, 2.05) is 0 Å². The number of rotatable bonds is 11. The second-order valence-electron chi connectivity index (χ2n) is 7.59. The molecule has 0 aliphatic heterocycles. The van der Waals surface area contributed by atoms with Gasteiger partial charge in [0.15, 0.2) is 0 Å². The summed E-state index contributed by atoms with van der Waals surface area (Å²) in [5.74, 6) is -16.9. The Kier molecular flexibility index (Phi) is 10.3. The zero-order valence-electron chi connectivity index (χ0n) is 18.9. The molecule has 0 aliphatic rings. The van der Waals surface area contributed by atoms with E-state index >= 15 is 0 Å². The van der Waals surface area contributed by atoms with Crippen molar-refractivity contribution >= 4 is 20.2 Å². The van der Waals surface area contributed by atoms with Crippen LogP contribution in [0, 0.1) is 0 Å². The third-order valence-electron chi connectivity index (χ3n) is 4.54. The lowest BCUT2D eigenvalue weighted by Gasteiger charge is -2.39. The van der Waals surface area contributed by atoms with Crippen molar-refractivity contribution in [1.82, 2.24) is 0 Å². The molecule has 0 N–H and O–H groups in total. The van der Waals surface area contributed by atoms with Crippen molar-refractivity contribution in [3.8, 4) is 0 Å². The van der Waals surface area contributed by atoms with E-state index in [0.29, 0.717) is 0 Å². The Morgan fingerprint density at radius 2 is 0.698 bits per heavy atom. The molecule has 0 aromatic heterocycles. The summed E-state index contributed by atoms with van der Waals surface area (Å²) in [6.07, 6.45) is -36.0. The van der Waals surface area contributed by atoms with Crippen LogP contribution in [-0.2, 0) is 28.6 Å². The molecular weight excluding hydrogens is 734 g/mol. The predicted octanol–water partition coefficient (Wildman–Crippen LogP) is 6.19. The number of halogens is 22. The van der Waals surface area contributed by atoms with Crippen molar-refractivity contribution in [2.45, 2.75) is 71.4 Å². The van der Waals surface area contributed by atoms with Crippen LogP contribution in [0.1, 0.15) is 6.92 Å². The van der Waals surface area contributed by atoms with E-state index in [-0.39, 0.29) is 0 Å². The van der Waals surface area contributed by atoms with Crippen LogP contribution in [0.15, 0.2) is 0 Å². The van der Waals surface area contributed by atoms with Gasteiger partial charge in [0.2, 0.25) is 0 Å². The summed E-state index contributed by atoms with van der Waals surface area (Å²) in [5.41, 5.74) is -16.9. The Morgan fingerprint density at radius 1 is 0.465 bits per heavy atom. The Morgan fingerprint density at radius 3 is 0.930 bits per heavy atom. The highest BCUT2D eigenvalue weighted by Crippen LogP contribution is 2.62. The van der Waals surface area contributed by atoms with Crippen molar-refractivity contribution in [3.05, 3.63) is 0 Å². The summed E-state index contributed by atoms with van der Waals surface area (Å²) in [6, 6.07) is 0. The van der Waals surface area contributed by atoms with Crippen molar-refractivity contribution in [2.24, 2.45) is 0 Å². The molecule has 0 bridgehead atoms. The van der Waals surface area contributed by atoms with Crippen LogP contribution in [0.2, 0.25) is 0 Å². The average Bonchev–Trinajstić information content (AvgIpc) is 2.72. The van der Waals surface area contributed by atoms with Crippen LogP contribution < -0.4 is 0 Å². The maximum absolute atomic E-state index is 13.7. The standard InChI is InChI=1S/C13H6F22O6S2/c1-3(41-43(38,39)13(34,35)7(18,19)5(15,10(26,27)28)11(29,30)31)2-40-42(36,37)12(32,33)6(16,17)4(14,8(20,21)22)9(23,24)25/h3H,2H2,1H3. The van der Waals surface area contributed by atoms with Gasteiger partial charge in [0.05, 0.1) is 12.7 Å². The van der Waals surface area contributed by atoms with E-state index in [4.69, 9.17) is 0 Å². The fraction of sp³-hybridized carbons (Fsp3) is 1.00. The molecule has 30 heteroatoms. The van der Waals surface area contributed by atoms with Gasteiger partial charge in [-0.3, -0.25) is 8.37 Å². The van der Waals surface area contributed by atoms with Gasteiger partial charge >= 0.3 is 78.6 Å². The van der Waals surface area contributed by atoms with Gasteiger partial charge in [0.25, 0.3) is 0 Å². The molecule has 0 saturated carbocycles. The van der Waals surface area contributed by atoms with Gasteiger partial charge < -0.3 is 0 Å². The van der Waals surface area contributed by atoms with Gasteiger partial charge in [-0.05, 0) is 6.92 Å². The van der Waals surface area contributed by atoms with Crippen LogP contribution in [0.4, 0.5) is 96.6 Å². The molecule has 0 fully saturated rings.